The lowest BCUT2D eigenvalue weighted by atomic mass is 10.0. The zero-order chi connectivity index (χ0) is 31.7. The van der Waals surface area contributed by atoms with Crippen LogP contribution in [-0.4, -0.2) is 50.5 Å². The van der Waals surface area contributed by atoms with Crippen LogP contribution in [0.25, 0.3) is 0 Å². The molecule has 0 heterocycles. The Kier molecular flexibility index (Phi) is 11.7. The molecule has 0 saturated heterocycles. The van der Waals surface area contributed by atoms with Crippen molar-refractivity contribution in [3.63, 3.8) is 0 Å². The summed E-state index contributed by atoms with van der Waals surface area (Å²) in [6.45, 7) is 3.74. The molecule has 7 nitrogen and oxygen atoms in total. The fourth-order valence-electron chi connectivity index (χ4n) is 4.79. The minimum absolute atomic E-state index is 0.0757. The van der Waals surface area contributed by atoms with Crippen LogP contribution < -0.4 is 9.62 Å². The number of carbonyl (C=O) groups is 2. The van der Waals surface area contributed by atoms with E-state index in [0.717, 1.165) is 30.4 Å². The monoisotopic (exact) mass is 693 g/mol. The number of nitrogens with one attached hydrogen (secondary N) is 1. The summed E-state index contributed by atoms with van der Waals surface area (Å²) in [5, 5.41) is 2.88. The van der Waals surface area contributed by atoms with Gasteiger partial charge in [0.25, 0.3) is 10.0 Å². The van der Waals surface area contributed by atoms with E-state index >= 15 is 0 Å². The van der Waals surface area contributed by atoms with Crippen molar-refractivity contribution in [2.45, 2.75) is 42.6 Å². The second-order valence-corrected chi connectivity index (χ2v) is 13.9. The molecule has 0 aliphatic carbocycles. The predicted molar refractivity (Wildman–Crippen MR) is 181 cm³/mol. The van der Waals surface area contributed by atoms with E-state index in [1.165, 1.54) is 16.7 Å². The number of carbonyl (C=O) groups excluding carboxylic acids is 2. The van der Waals surface area contributed by atoms with Crippen LogP contribution in [0.1, 0.15) is 23.6 Å². The van der Waals surface area contributed by atoms with E-state index in [0.29, 0.717) is 12.2 Å². The maximum atomic E-state index is 14.4. The van der Waals surface area contributed by atoms with Crippen molar-refractivity contribution < 1.29 is 18.0 Å². The topological polar surface area (TPSA) is 86.8 Å². The van der Waals surface area contributed by atoms with Gasteiger partial charge in [-0.1, -0.05) is 76.1 Å². The number of likely N-dealkylation sites (N-methyl/N-ethyl adjacent to an activating group) is 1. The molecule has 0 aliphatic rings. The van der Waals surface area contributed by atoms with E-state index in [1.807, 2.05) is 86.8 Å². The van der Waals surface area contributed by atoms with Crippen molar-refractivity contribution >= 4 is 55.2 Å². The largest absolute Gasteiger partial charge is 0.355 e. The van der Waals surface area contributed by atoms with Gasteiger partial charge in [0, 0.05) is 28.9 Å². The van der Waals surface area contributed by atoms with Gasteiger partial charge in [-0.3, -0.25) is 13.9 Å². The van der Waals surface area contributed by atoms with Gasteiger partial charge in [0.2, 0.25) is 11.8 Å². The Balaban J connectivity index is 1.79. The zero-order valence-electron chi connectivity index (χ0n) is 24.9. The summed E-state index contributed by atoms with van der Waals surface area (Å²) in [6, 6.07) is 29.7. The highest BCUT2D eigenvalue weighted by molar-refractivity contribution is 9.10. The SMILES string of the molecule is CCNC(=O)[C@H](Cc1ccccc1)N(Cc1cccc(Br)c1)C(=O)CN(c1ccc(C)cc1)S(=O)(=O)c1ccc(SC)cc1. The van der Waals surface area contributed by atoms with Crippen molar-refractivity contribution in [3.8, 4) is 0 Å². The molecule has 4 aromatic rings. The van der Waals surface area contributed by atoms with Gasteiger partial charge in [0.15, 0.2) is 0 Å². The first kappa shape index (κ1) is 33.3. The Hall–Kier alpha value is -3.60. The van der Waals surface area contributed by atoms with Gasteiger partial charge in [-0.25, -0.2) is 8.42 Å². The number of hydrogen-bond acceptors (Lipinski definition) is 5. The van der Waals surface area contributed by atoms with Gasteiger partial charge in [0.05, 0.1) is 10.6 Å². The van der Waals surface area contributed by atoms with Crippen LogP contribution in [-0.2, 0) is 32.6 Å². The maximum Gasteiger partial charge on any atom is 0.264 e. The predicted octanol–water partition coefficient (Wildman–Crippen LogP) is 6.45. The van der Waals surface area contributed by atoms with Crippen LogP contribution >= 0.6 is 27.7 Å². The molecule has 0 unspecified atom stereocenters. The van der Waals surface area contributed by atoms with Gasteiger partial charge < -0.3 is 10.2 Å². The fraction of sp³-hybridized carbons (Fsp3) is 0.235. The van der Waals surface area contributed by atoms with Gasteiger partial charge in [-0.05, 0) is 79.8 Å². The molecule has 0 bridgehead atoms. The van der Waals surface area contributed by atoms with E-state index in [4.69, 9.17) is 0 Å². The summed E-state index contributed by atoms with van der Waals surface area (Å²) >= 11 is 5.01. The quantitative estimate of drug-likeness (QED) is 0.163. The van der Waals surface area contributed by atoms with Crippen LogP contribution in [0, 0.1) is 6.92 Å². The summed E-state index contributed by atoms with van der Waals surface area (Å²) in [5.74, 6) is -0.806. The standard InChI is InChI=1S/C34H36BrN3O4S2/c1-4-36-34(40)32(22-26-9-6-5-7-10-26)37(23-27-11-8-12-28(35)21-27)33(39)24-38(29-15-13-25(2)14-16-29)44(41,42)31-19-17-30(43-3)18-20-31/h5-21,32H,4,22-24H2,1-3H3,(H,36,40)/t32-/m0/s1. The number of sulfonamides is 1. The first-order chi connectivity index (χ1) is 21.1. The molecule has 0 radical (unpaired) electrons. The van der Waals surface area contributed by atoms with Crippen LogP contribution in [0.5, 0.6) is 0 Å². The Bertz CT molecular complexity index is 1670. The Morgan fingerprint density at radius 3 is 2.16 bits per heavy atom. The number of anilines is 1. The van der Waals surface area contributed by atoms with E-state index in [2.05, 4.69) is 21.2 Å². The molecule has 0 spiro atoms. The maximum absolute atomic E-state index is 14.4. The van der Waals surface area contributed by atoms with Crippen LogP contribution in [0.4, 0.5) is 5.69 Å². The second-order valence-electron chi connectivity index (χ2n) is 10.3. The summed E-state index contributed by atoms with van der Waals surface area (Å²) in [4.78, 5) is 30.5. The van der Waals surface area contributed by atoms with Crippen molar-refractivity contribution in [1.29, 1.82) is 0 Å². The Morgan fingerprint density at radius 2 is 1.55 bits per heavy atom. The highest BCUT2D eigenvalue weighted by Crippen LogP contribution is 2.27. The van der Waals surface area contributed by atoms with E-state index in [-0.39, 0.29) is 23.8 Å². The lowest BCUT2D eigenvalue weighted by Gasteiger charge is -2.34. The zero-order valence-corrected chi connectivity index (χ0v) is 28.2. The number of thioether (sulfide) groups is 1. The number of benzene rings is 4. The van der Waals surface area contributed by atoms with E-state index in [1.54, 1.807) is 36.4 Å². The number of hydrogen-bond donors (Lipinski definition) is 1. The smallest absolute Gasteiger partial charge is 0.264 e. The van der Waals surface area contributed by atoms with Crippen molar-refractivity contribution in [2.75, 3.05) is 23.7 Å². The first-order valence-electron chi connectivity index (χ1n) is 14.2. The molecule has 2 amide bonds. The molecule has 0 aliphatic heterocycles. The molecular formula is C34H36BrN3O4S2. The summed E-state index contributed by atoms with van der Waals surface area (Å²) < 4.78 is 30.2. The lowest BCUT2D eigenvalue weighted by Crippen LogP contribution is -2.53. The highest BCUT2D eigenvalue weighted by atomic mass is 79.9. The first-order valence-corrected chi connectivity index (χ1v) is 17.7. The normalized spacial score (nSPS) is 11.9. The number of halogens is 1. The molecule has 4 aromatic carbocycles. The third-order valence-electron chi connectivity index (χ3n) is 7.11. The van der Waals surface area contributed by atoms with E-state index < -0.39 is 28.5 Å². The minimum Gasteiger partial charge on any atom is -0.355 e. The number of rotatable bonds is 13. The Labute approximate surface area is 272 Å². The highest BCUT2D eigenvalue weighted by Gasteiger charge is 2.34. The third-order valence-corrected chi connectivity index (χ3v) is 10.1. The molecule has 44 heavy (non-hydrogen) atoms. The van der Waals surface area contributed by atoms with Gasteiger partial charge in [-0.15, -0.1) is 11.8 Å². The van der Waals surface area contributed by atoms with Gasteiger partial charge in [0.1, 0.15) is 12.6 Å². The molecule has 1 atom stereocenters. The number of amides is 2. The summed E-state index contributed by atoms with van der Waals surface area (Å²) in [6.07, 6.45) is 2.18. The third kappa shape index (κ3) is 8.52. The molecule has 1 N–H and O–H groups in total. The summed E-state index contributed by atoms with van der Waals surface area (Å²) in [7, 11) is -4.15. The second kappa shape index (κ2) is 15.4. The number of nitrogens with zero attached hydrogens (tertiary/aromatic N) is 2. The Morgan fingerprint density at radius 1 is 0.886 bits per heavy atom. The van der Waals surface area contributed by atoms with Crippen molar-refractivity contribution in [1.82, 2.24) is 10.2 Å². The molecular weight excluding hydrogens is 658 g/mol. The van der Waals surface area contributed by atoms with Crippen LogP contribution in [0.2, 0.25) is 0 Å². The fourth-order valence-corrected chi connectivity index (χ4v) is 7.06. The van der Waals surface area contributed by atoms with Crippen molar-refractivity contribution in [3.05, 3.63) is 124 Å². The molecule has 4 rings (SSSR count). The molecule has 0 fully saturated rings. The lowest BCUT2D eigenvalue weighted by molar-refractivity contribution is -0.140. The van der Waals surface area contributed by atoms with Crippen LogP contribution in [0.15, 0.2) is 117 Å². The molecule has 10 heteroatoms. The summed E-state index contributed by atoms with van der Waals surface area (Å²) in [5.41, 5.74) is 3.00. The number of aryl methyl sites for hydroxylation is 1. The van der Waals surface area contributed by atoms with Crippen molar-refractivity contribution in [2.24, 2.45) is 0 Å². The van der Waals surface area contributed by atoms with Gasteiger partial charge in [-0.2, -0.15) is 0 Å². The minimum atomic E-state index is -4.15. The average Bonchev–Trinajstić information content (AvgIpc) is 3.02. The van der Waals surface area contributed by atoms with Crippen LogP contribution in [0.3, 0.4) is 0 Å². The molecule has 0 saturated carbocycles. The van der Waals surface area contributed by atoms with Gasteiger partial charge >= 0.3 is 0 Å². The molecule has 0 aromatic heterocycles. The average molecular weight is 695 g/mol. The molecule has 230 valence electrons. The van der Waals surface area contributed by atoms with E-state index in [9.17, 15) is 18.0 Å².